The number of esters is 1. The number of benzene rings is 3. The van der Waals surface area contributed by atoms with E-state index in [1.165, 1.54) is 30.1 Å². The third kappa shape index (κ3) is 3.70. The average molecular weight is 483 g/mol. The molecule has 0 unspecified atom stereocenters. The Morgan fingerprint density at radius 1 is 0.912 bits per heavy atom. The smallest absolute Gasteiger partial charge is 0.346 e. The van der Waals surface area contributed by atoms with Gasteiger partial charge in [0.25, 0.3) is 0 Å². The fraction of sp³-hybridized carbons (Fsp3) is 0.0909. The average Bonchev–Trinajstić information content (AvgIpc) is 3.17. The largest absolute Gasteiger partial charge is 0.416 e. The normalized spacial score (nSPS) is 11.2. The Bertz CT molecular complexity index is 1450. The third-order valence-corrected chi connectivity index (χ3v) is 4.93. The first-order valence-corrected chi connectivity index (χ1v) is 9.41. The van der Waals surface area contributed by atoms with E-state index in [4.69, 9.17) is 0 Å². The second kappa shape index (κ2) is 8.36. The van der Waals surface area contributed by atoms with Crippen LogP contribution in [-0.4, -0.2) is 15.5 Å². The zero-order valence-electron chi connectivity index (χ0n) is 17.2. The lowest BCUT2D eigenvalue weighted by Crippen LogP contribution is -2.16. The summed E-state index contributed by atoms with van der Waals surface area (Å²) in [7, 11) is 1.45. The second-order valence-electron chi connectivity index (χ2n) is 7.23. The molecule has 0 radical (unpaired) electrons. The van der Waals surface area contributed by atoms with Gasteiger partial charge in [0.2, 0.25) is 34.8 Å². The summed E-state index contributed by atoms with van der Waals surface area (Å²) in [6, 6.07) is 4.85. The molecule has 34 heavy (non-hydrogen) atoms. The van der Waals surface area contributed by atoms with Gasteiger partial charge in [-0.3, -0.25) is 0 Å². The van der Waals surface area contributed by atoms with Gasteiger partial charge in [0, 0.05) is 7.05 Å². The van der Waals surface area contributed by atoms with Crippen LogP contribution in [0.5, 0.6) is 5.75 Å². The minimum Gasteiger partial charge on any atom is -0.416 e. The van der Waals surface area contributed by atoms with Crippen molar-refractivity contribution >= 4 is 28.4 Å². The fourth-order valence-electron chi connectivity index (χ4n) is 3.19. The molecule has 1 heterocycles. The number of aromatic nitrogens is 2. The molecule has 0 aliphatic carbocycles. The predicted molar refractivity (Wildman–Crippen MR) is 106 cm³/mol. The Morgan fingerprint density at radius 3 is 2.15 bits per heavy atom. The highest BCUT2D eigenvalue weighted by Crippen LogP contribution is 2.34. The van der Waals surface area contributed by atoms with Gasteiger partial charge in [-0.2, -0.15) is 8.78 Å². The molecule has 0 bridgehead atoms. The second-order valence-corrected chi connectivity index (χ2v) is 7.23. The van der Waals surface area contributed by atoms with E-state index in [1.54, 1.807) is 6.92 Å². The third-order valence-electron chi connectivity index (χ3n) is 4.93. The highest BCUT2D eigenvalue weighted by molar-refractivity contribution is 6.02. The van der Waals surface area contributed by atoms with Crippen molar-refractivity contribution in [3.05, 3.63) is 82.4 Å². The first kappa shape index (κ1) is 23.1. The number of rotatable bonds is 4. The maximum absolute atomic E-state index is 15.3. The Balaban J connectivity index is 1.87. The molecule has 1 aromatic heterocycles. The number of imidazole rings is 1. The van der Waals surface area contributed by atoms with Crippen molar-refractivity contribution in [2.75, 3.05) is 5.32 Å². The van der Waals surface area contributed by atoms with Gasteiger partial charge in [-0.15, -0.1) is 0 Å². The topological polar surface area (TPSA) is 56.1 Å². The highest BCUT2D eigenvalue weighted by atomic mass is 19.2. The number of nitrogens with one attached hydrogen (secondary N) is 1. The van der Waals surface area contributed by atoms with E-state index in [1.807, 2.05) is 0 Å². The Kier molecular flexibility index (Phi) is 5.67. The van der Waals surface area contributed by atoms with E-state index >= 15 is 4.39 Å². The lowest BCUT2D eigenvalue weighted by Gasteiger charge is -2.15. The van der Waals surface area contributed by atoms with Crippen molar-refractivity contribution in [2.45, 2.75) is 6.92 Å². The number of ether oxygens (including phenoxy) is 1. The predicted octanol–water partition coefficient (Wildman–Crippen LogP) is 5.82. The summed E-state index contributed by atoms with van der Waals surface area (Å²) in [5, 5.41) is 2.37. The molecule has 0 fully saturated rings. The first-order chi connectivity index (χ1) is 16.0. The number of nitrogens with zero attached hydrogens (tertiary/aromatic N) is 2. The van der Waals surface area contributed by atoms with Crippen LogP contribution in [0, 0.1) is 47.6 Å². The van der Waals surface area contributed by atoms with E-state index in [0.717, 1.165) is 12.1 Å². The van der Waals surface area contributed by atoms with Gasteiger partial charge in [0.1, 0.15) is 11.3 Å². The van der Waals surface area contributed by atoms with Crippen molar-refractivity contribution in [3.8, 4) is 5.75 Å². The van der Waals surface area contributed by atoms with Crippen LogP contribution in [0.1, 0.15) is 15.9 Å². The number of hydrogen-bond acceptors (Lipinski definition) is 4. The maximum atomic E-state index is 15.3. The Morgan fingerprint density at radius 2 is 1.53 bits per heavy atom. The van der Waals surface area contributed by atoms with Crippen LogP contribution in [0.2, 0.25) is 0 Å². The van der Waals surface area contributed by atoms with Crippen LogP contribution < -0.4 is 10.1 Å². The SMILES string of the molecule is Cc1ccc(Nc2c(C(=O)Oc3c(F)c(F)c(F)c(F)c3F)cc3c(ncn3C)c2F)c(F)c1. The lowest BCUT2D eigenvalue weighted by molar-refractivity contribution is 0.0716. The molecule has 0 spiro atoms. The molecule has 0 atom stereocenters. The van der Waals surface area contributed by atoms with Crippen LogP contribution in [0.4, 0.5) is 42.1 Å². The van der Waals surface area contributed by atoms with E-state index in [2.05, 4.69) is 15.0 Å². The number of hydrogen-bond donors (Lipinski definition) is 1. The molecule has 5 nitrogen and oxygen atoms in total. The van der Waals surface area contributed by atoms with Crippen molar-refractivity contribution in [3.63, 3.8) is 0 Å². The number of fused-ring (bicyclic) bond motifs is 1. The quantitative estimate of drug-likeness (QED) is 0.131. The molecule has 0 aliphatic heterocycles. The molecule has 1 N–H and O–H groups in total. The van der Waals surface area contributed by atoms with Crippen LogP contribution in [0.25, 0.3) is 11.0 Å². The Labute approximate surface area is 186 Å². The van der Waals surface area contributed by atoms with Gasteiger partial charge in [0.05, 0.1) is 28.8 Å². The Hall–Kier alpha value is -4.09. The van der Waals surface area contributed by atoms with Crippen LogP contribution in [-0.2, 0) is 7.05 Å². The van der Waals surface area contributed by atoms with Gasteiger partial charge < -0.3 is 14.6 Å². The summed E-state index contributed by atoms with van der Waals surface area (Å²) >= 11 is 0. The molecule has 0 amide bonds. The van der Waals surface area contributed by atoms with Crippen LogP contribution >= 0.6 is 0 Å². The molecular formula is C22H12F7N3O2. The summed E-state index contributed by atoms with van der Waals surface area (Å²) in [6.45, 7) is 1.60. The lowest BCUT2D eigenvalue weighted by atomic mass is 10.1. The number of carbonyl (C=O) groups excluding carboxylic acids is 1. The molecule has 0 aliphatic rings. The molecular weight excluding hydrogens is 471 g/mol. The van der Waals surface area contributed by atoms with Gasteiger partial charge >= 0.3 is 5.97 Å². The molecule has 3 aromatic carbocycles. The molecule has 4 aromatic rings. The van der Waals surface area contributed by atoms with Gasteiger partial charge in [0.15, 0.2) is 5.82 Å². The fourth-order valence-corrected chi connectivity index (χ4v) is 3.19. The van der Waals surface area contributed by atoms with Crippen molar-refractivity contribution in [2.24, 2.45) is 7.05 Å². The summed E-state index contributed by atoms with van der Waals surface area (Å²) in [4.78, 5) is 16.6. The van der Waals surface area contributed by atoms with E-state index in [9.17, 15) is 31.1 Å². The summed E-state index contributed by atoms with van der Waals surface area (Å²) in [5.74, 6) is -17.4. The monoisotopic (exact) mass is 483 g/mol. The van der Waals surface area contributed by atoms with Gasteiger partial charge in [-0.25, -0.2) is 31.7 Å². The number of aryl methyl sites for hydroxylation is 2. The zero-order chi connectivity index (χ0) is 24.9. The van der Waals surface area contributed by atoms with Gasteiger partial charge in [-0.1, -0.05) is 6.07 Å². The minimum absolute atomic E-state index is 0.0248. The van der Waals surface area contributed by atoms with Gasteiger partial charge in [-0.05, 0) is 30.7 Å². The molecule has 0 saturated carbocycles. The molecule has 4 rings (SSSR count). The van der Waals surface area contributed by atoms with Crippen molar-refractivity contribution in [1.29, 1.82) is 0 Å². The van der Waals surface area contributed by atoms with Crippen molar-refractivity contribution in [1.82, 2.24) is 9.55 Å². The minimum atomic E-state index is -2.45. The van der Waals surface area contributed by atoms with E-state index in [0.29, 0.717) is 5.56 Å². The number of carbonyl (C=O) groups is 1. The van der Waals surface area contributed by atoms with Crippen molar-refractivity contribution < 1.29 is 40.3 Å². The van der Waals surface area contributed by atoms with E-state index < -0.39 is 63.7 Å². The maximum Gasteiger partial charge on any atom is 0.346 e. The number of halogens is 7. The van der Waals surface area contributed by atoms with Crippen LogP contribution in [0.15, 0.2) is 30.6 Å². The van der Waals surface area contributed by atoms with E-state index in [-0.39, 0.29) is 16.7 Å². The summed E-state index contributed by atoms with van der Waals surface area (Å²) in [5.41, 5.74) is -1.37. The number of anilines is 2. The molecule has 176 valence electrons. The summed E-state index contributed by atoms with van der Waals surface area (Å²) < 4.78 is 104. The standard InChI is InChI=1S/C22H12F7N3O2/c1-8-3-4-11(10(23)5-8)31-19-9(6-12-20(18(19)29)30-7-32(12)2)22(33)34-21-16(27)14(25)13(24)15(26)17(21)28/h3-7,31H,1-2H3. The molecule has 12 heteroatoms. The van der Waals surface area contributed by atoms with Crippen LogP contribution in [0.3, 0.4) is 0 Å². The summed E-state index contributed by atoms with van der Waals surface area (Å²) in [6.07, 6.45) is 1.20. The first-order valence-electron chi connectivity index (χ1n) is 9.41. The highest BCUT2D eigenvalue weighted by Gasteiger charge is 2.31. The molecule has 0 saturated heterocycles. The zero-order valence-corrected chi connectivity index (χ0v) is 17.2.